The first kappa shape index (κ1) is 24.3. The van der Waals surface area contributed by atoms with Gasteiger partial charge in [0.15, 0.2) is 0 Å². The predicted molar refractivity (Wildman–Crippen MR) is 138 cm³/mol. The number of rotatable bonds is 6. The molecule has 3 heterocycles. The Labute approximate surface area is 212 Å². The molecule has 0 bridgehead atoms. The lowest BCUT2D eigenvalue weighted by Gasteiger charge is -2.43. The smallest absolute Gasteiger partial charge is 0.229 e. The Balaban J connectivity index is 1.12. The lowest BCUT2D eigenvalue weighted by atomic mass is 9.77. The minimum atomic E-state index is -0.918. The van der Waals surface area contributed by atoms with E-state index in [2.05, 4.69) is 34.3 Å². The second-order valence-electron chi connectivity index (χ2n) is 11.8. The molecule has 2 aromatic rings. The van der Waals surface area contributed by atoms with Crippen LogP contribution in [-0.2, 0) is 14.3 Å². The number of carbonyl (C=O) groups is 1. The van der Waals surface area contributed by atoms with Gasteiger partial charge in [-0.3, -0.25) is 9.69 Å². The minimum absolute atomic E-state index is 0.0847. The zero-order valence-electron chi connectivity index (χ0n) is 21.7. The second-order valence-corrected chi connectivity index (χ2v) is 11.8. The number of anilines is 1. The molecule has 1 N–H and O–H groups in total. The molecule has 1 aromatic carbocycles. The first-order chi connectivity index (χ1) is 17.3. The van der Waals surface area contributed by atoms with Crippen LogP contribution in [0.15, 0.2) is 24.4 Å². The number of nitrogens with one attached hydrogen (secondary N) is 1. The van der Waals surface area contributed by atoms with E-state index in [1.165, 1.54) is 11.1 Å². The third-order valence-corrected chi connectivity index (χ3v) is 9.53. The molecule has 6 nitrogen and oxygen atoms in total. The molecule has 4 fully saturated rings. The molecule has 36 heavy (non-hydrogen) atoms. The van der Waals surface area contributed by atoms with E-state index in [1.54, 1.807) is 0 Å². The van der Waals surface area contributed by atoms with E-state index in [1.807, 2.05) is 26.1 Å². The largest absolute Gasteiger partial charge is 0.378 e. The number of piperidine rings is 1. The average molecular weight is 496 g/mol. The molecule has 0 radical (unpaired) electrons. The van der Waals surface area contributed by atoms with Gasteiger partial charge < -0.3 is 14.8 Å². The van der Waals surface area contributed by atoms with Gasteiger partial charge in [0, 0.05) is 24.1 Å². The number of carbonyl (C=O) groups excluding carboxylic acids is 1. The first-order valence-electron chi connectivity index (χ1n) is 13.6. The summed E-state index contributed by atoms with van der Waals surface area (Å²) in [4.78, 5) is 19.7. The number of pyridine rings is 1. The number of nitrogens with zero attached hydrogens (tertiary/aromatic N) is 2. The molecular formula is C29H38FN3O3. The molecule has 1 spiro atoms. The van der Waals surface area contributed by atoms with Gasteiger partial charge in [-0.2, -0.15) is 0 Å². The van der Waals surface area contributed by atoms with Crippen molar-refractivity contribution in [2.45, 2.75) is 76.6 Å². The maximum atomic E-state index is 14.5. The van der Waals surface area contributed by atoms with Gasteiger partial charge in [-0.25, -0.2) is 9.37 Å². The van der Waals surface area contributed by atoms with Gasteiger partial charge in [-0.1, -0.05) is 6.07 Å². The Morgan fingerprint density at radius 3 is 2.69 bits per heavy atom. The third kappa shape index (κ3) is 4.13. The Bertz CT molecular complexity index is 1160. The summed E-state index contributed by atoms with van der Waals surface area (Å²) in [5.41, 5.74) is 2.30. The van der Waals surface area contributed by atoms with E-state index in [9.17, 15) is 9.18 Å². The fraction of sp³-hybridized carbons (Fsp3) is 0.655. The highest BCUT2D eigenvalue weighted by Gasteiger charge is 2.64. The Morgan fingerprint density at radius 2 is 2.00 bits per heavy atom. The molecule has 7 heteroatoms. The molecule has 3 unspecified atom stereocenters. The number of hydrogen-bond donors (Lipinski definition) is 1. The minimum Gasteiger partial charge on any atom is -0.378 e. The zero-order valence-corrected chi connectivity index (χ0v) is 21.7. The van der Waals surface area contributed by atoms with Gasteiger partial charge >= 0.3 is 0 Å². The van der Waals surface area contributed by atoms with Gasteiger partial charge in [0.1, 0.15) is 12.0 Å². The first-order valence-corrected chi connectivity index (χ1v) is 13.6. The fourth-order valence-corrected chi connectivity index (χ4v) is 7.05. The fourth-order valence-electron chi connectivity index (χ4n) is 7.05. The molecule has 2 aliphatic heterocycles. The SMILES string of the molecule is CCOC1CC2(C1)CC2C(=O)Nc1cc2cc(C3CCN(C4(C)COCC4F)CC3)c(C)cc2cn1. The van der Waals surface area contributed by atoms with Crippen LogP contribution < -0.4 is 5.32 Å². The normalized spacial score (nSPS) is 34.7. The van der Waals surface area contributed by atoms with E-state index in [-0.39, 0.29) is 23.8 Å². The summed E-state index contributed by atoms with van der Waals surface area (Å²) in [6.07, 6.45) is 6.27. The third-order valence-electron chi connectivity index (χ3n) is 9.53. The van der Waals surface area contributed by atoms with Crippen LogP contribution in [0.3, 0.4) is 0 Å². The second kappa shape index (κ2) is 9.03. The molecule has 1 aromatic heterocycles. The van der Waals surface area contributed by atoms with Crippen LogP contribution in [0.1, 0.15) is 63.0 Å². The zero-order chi connectivity index (χ0) is 25.1. The molecule has 1 amide bonds. The van der Waals surface area contributed by atoms with Gasteiger partial charge in [0.05, 0.1) is 24.9 Å². The van der Waals surface area contributed by atoms with Crippen molar-refractivity contribution in [2.75, 3.05) is 38.2 Å². The highest BCUT2D eigenvalue weighted by atomic mass is 19.1. The van der Waals surface area contributed by atoms with Crippen molar-refractivity contribution < 1.29 is 18.7 Å². The number of hydrogen-bond acceptors (Lipinski definition) is 5. The van der Waals surface area contributed by atoms with Gasteiger partial charge in [-0.05, 0) is 106 Å². The maximum Gasteiger partial charge on any atom is 0.229 e. The molecule has 4 aliphatic rings. The topological polar surface area (TPSA) is 63.7 Å². The van der Waals surface area contributed by atoms with Crippen LogP contribution in [0, 0.1) is 18.3 Å². The van der Waals surface area contributed by atoms with Crippen LogP contribution in [0.25, 0.3) is 10.8 Å². The summed E-state index contributed by atoms with van der Waals surface area (Å²) in [5, 5.41) is 5.27. The van der Waals surface area contributed by atoms with Crippen molar-refractivity contribution in [1.29, 1.82) is 0 Å². The van der Waals surface area contributed by atoms with Crippen LogP contribution >= 0.6 is 0 Å². The molecule has 2 saturated carbocycles. The van der Waals surface area contributed by atoms with Crippen LogP contribution in [0.4, 0.5) is 10.2 Å². The molecule has 194 valence electrons. The highest BCUT2D eigenvalue weighted by molar-refractivity contribution is 5.96. The maximum absolute atomic E-state index is 14.5. The summed E-state index contributed by atoms with van der Waals surface area (Å²) in [6, 6.07) is 6.49. The number of alkyl halides is 1. The summed E-state index contributed by atoms with van der Waals surface area (Å²) >= 11 is 0. The predicted octanol–water partition coefficient (Wildman–Crippen LogP) is 4.99. The van der Waals surface area contributed by atoms with Crippen LogP contribution in [0.2, 0.25) is 0 Å². The summed E-state index contributed by atoms with van der Waals surface area (Å²) < 4.78 is 25.6. The average Bonchev–Trinajstić information content (AvgIpc) is 3.50. The summed E-state index contributed by atoms with van der Waals surface area (Å²) in [5.74, 6) is 1.25. The summed E-state index contributed by atoms with van der Waals surface area (Å²) in [6.45, 7) is 9.39. The van der Waals surface area contributed by atoms with Crippen molar-refractivity contribution in [3.8, 4) is 0 Å². The lowest BCUT2D eigenvalue weighted by Crippen LogP contribution is -2.55. The molecule has 2 aliphatic carbocycles. The standard InChI is InChI=1S/C29H38FN3O3/c1-4-36-22-12-29(13-22)14-24(29)27(34)32-26-11-20-10-23(18(2)9-21(20)15-31-26)19-5-7-33(8-6-19)28(3)17-35-16-25(28)30/h9-11,15,19,22,24-25H,4-8,12-14,16-17H2,1-3H3,(H,31,32,34). The van der Waals surface area contributed by atoms with Crippen molar-refractivity contribution in [2.24, 2.45) is 11.3 Å². The number of amides is 1. The monoisotopic (exact) mass is 495 g/mol. The summed E-state index contributed by atoms with van der Waals surface area (Å²) in [7, 11) is 0. The number of likely N-dealkylation sites (tertiary alicyclic amines) is 1. The highest BCUT2D eigenvalue weighted by Crippen LogP contribution is 2.66. The van der Waals surface area contributed by atoms with Gasteiger partial charge in [0.2, 0.25) is 5.91 Å². The van der Waals surface area contributed by atoms with E-state index in [0.717, 1.165) is 62.6 Å². The molecule has 6 rings (SSSR count). The van der Waals surface area contributed by atoms with E-state index in [4.69, 9.17) is 9.47 Å². The number of aromatic nitrogens is 1. The number of benzene rings is 1. The van der Waals surface area contributed by atoms with E-state index >= 15 is 0 Å². The van der Waals surface area contributed by atoms with Crippen molar-refractivity contribution in [3.63, 3.8) is 0 Å². The van der Waals surface area contributed by atoms with E-state index in [0.29, 0.717) is 24.4 Å². The van der Waals surface area contributed by atoms with Gasteiger partial charge in [0.25, 0.3) is 0 Å². The number of ether oxygens (including phenoxy) is 2. The lowest BCUT2D eigenvalue weighted by molar-refractivity contribution is -0.120. The van der Waals surface area contributed by atoms with Crippen molar-refractivity contribution >= 4 is 22.5 Å². The number of halogens is 1. The molecule has 3 atom stereocenters. The molecular weight excluding hydrogens is 457 g/mol. The quantitative estimate of drug-likeness (QED) is 0.612. The Morgan fingerprint density at radius 1 is 1.22 bits per heavy atom. The van der Waals surface area contributed by atoms with Crippen molar-refractivity contribution in [3.05, 3.63) is 35.5 Å². The molecule has 2 saturated heterocycles. The Kier molecular flexibility index (Phi) is 6.09. The van der Waals surface area contributed by atoms with Crippen LogP contribution in [-0.4, -0.2) is 66.5 Å². The van der Waals surface area contributed by atoms with Crippen LogP contribution in [0.5, 0.6) is 0 Å². The Hall–Kier alpha value is -2.09. The van der Waals surface area contributed by atoms with E-state index < -0.39 is 11.7 Å². The number of aryl methyl sites for hydroxylation is 1. The van der Waals surface area contributed by atoms with Crippen molar-refractivity contribution in [1.82, 2.24) is 9.88 Å². The number of fused-ring (bicyclic) bond motifs is 1. The van der Waals surface area contributed by atoms with Gasteiger partial charge in [-0.15, -0.1) is 0 Å².